The summed E-state index contributed by atoms with van der Waals surface area (Å²) in [6.07, 6.45) is 1.22. The van der Waals surface area contributed by atoms with E-state index in [-0.39, 0.29) is 24.4 Å². The molecule has 198 valence electrons. The Bertz CT molecular complexity index is 1060. The minimum absolute atomic E-state index is 0.0496. The first kappa shape index (κ1) is 26.6. The van der Waals surface area contributed by atoms with E-state index in [2.05, 4.69) is 22.1 Å². The second kappa shape index (κ2) is 12.7. The molecule has 2 aromatic rings. The fourth-order valence-electron chi connectivity index (χ4n) is 4.37. The number of benzene rings is 2. The normalized spacial score (nSPS) is 19.6. The average Bonchev–Trinajstić information content (AvgIpc) is 3.38. The van der Waals surface area contributed by atoms with Gasteiger partial charge >= 0.3 is 0 Å². The zero-order valence-electron chi connectivity index (χ0n) is 22.0. The van der Waals surface area contributed by atoms with E-state index in [1.165, 1.54) is 11.1 Å². The van der Waals surface area contributed by atoms with Crippen molar-refractivity contribution in [3.63, 3.8) is 0 Å². The molecule has 0 radical (unpaired) electrons. The van der Waals surface area contributed by atoms with Crippen LogP contribution in [-0.2, 0) is 20.9 Å². The van der Waals surface area contributed by atoms with Crippen LogP contribution in [0.4, 0.5) is 0 Å². The van der Waals surface area contributed by atoms with Crippen molar-refractivity contribution in [1.82, 2.24) is 19.7 Å². The Balaban J connectivity index is 1.19. The summed E-state index contributed by atoms with van der Waals surface area (Å²) in [7, 11) is 3.54. The molecule has 1 saturated heterocycles. The molecule has 0 saturated carbocycles. The number of amides is 2. The summed E-state index contributed by atoms with van der Waals surface area (Å²) in [5.41, 5.74) is 2.40. The van der Waals surface area contributed by atoms with Gasteiger partial charge in [-0.3, -0.25) is 19.5 Å². The van der Waals surface area contributed by atoms with Crippen LogP contribution < -0.4 is 4.74 Å². The van der Waals surface area contributed by atoms with Gasteiger partial charge in [-0.1, -0.05) is 48.0 Å². The SMILES string of the molecule is Cc1ccc(OCCN(C)C(=O)CN2CC(N(C)C(=O)C3CN(Cc4ccccc4)CCO3)C=N2)cc1. The molecule has 2 aromatic carbocycles. The first-order valence-corrected chi connectivity index (χ1v) is 12.8. The molecule has 0 aliphatic carbocycles. The zero-order valence-corrected chi connectivity index (χ0v) is 22.0. The van der Waals surface area contributed by atoms with Gasteiger partial charge in [0.1, 0.15) is 25.0 Å². The number of hydrogen-bond donors (Lipinski definition) is 0. The quantitative estimate of drug-likeness (QED) is 0.489. The third-order valence-electron chi connectivity index (χ3n) is 6.78. The lowest BCUT2D eigenvalue weighted by molar-refractivity contribution is -0.149. The maximum absolute atomic E-state index is 13.2. The second-order valence-corrected chi connectivity index (χ2v) is 9.69. The number of rotatable bonds is 10. The van der Waals surface area contributed by atoms with E-state index in [0.717, 1.165) is 18.8 Å². The first-order chi connectivity index (χ1) is 17.9. The van der Waals surface area contributed by atoms with Crippen molar-refractivity contribution in [3.05, 3.63) is 65.7 Å². The van der Waals surface area contributed by atoms with Gasteiger partial charge < -0.3 is 19.3 Å². The van der Waals surface area contributed by atoms with E-state index in [9.17, 15) is 9.59 Å². The molecule has 9 nitrogen and oxygen atoms in total. The highest BCUT2D eigenvalue weighted by atomic mass is 16.5. The Kier molecular flexibility index (Phi) is 9.14. The maximum atomic E-state index is 13.2. The lowest BCUT2D eigenvalue weighted by atomic mass is 10.1. The number of nitrogens with zero attached hydrogens (tertiary/aromatic N) is 5. The Hall–Kier alpha value is -3.43. The zero-order chi connectivity index (χ0) is 26.2. The van der Waals surface area contributed by atoms with Gasteiger partial charge in [-0.2, -0.15) is 5.10 Å². The lowest BCUT2D eigenvalue weighted by Gasteiger charge is -2.35. The summed E-state index contributed by atoms with van der Waals surface area (Å²) in [6.45, 7) is 6.22. The molecule has 2 unspecified atom stereocenters. The molecule has 0 spiro atoms. The molecule has 2 heterocycles. The number of hydrazone groups is 1. The highest BCUT2D eigenvalue weighted by Gasteiger charge is 2.33. The van der Waals surface area contributed by atoms with Crippen LogP contribution in [-0.4, -0.2) is 110 Å². The number of morpholine rings is 1. The number of aryl methyl sites for hydroxylation is 1. The summed E-state index contributed by atoms with van der Waals surface area (Å²) in [5, 5.41) is 6.09. The summed E-state index contributed by atoms with van der Waals surface area (Å²) >= 11 is 0. The number of hydrogen-bond acceptors (Lipinski definition) is 7. The van der Waals surface area contributed by atoms with Crippen LogP contribution in [0.5, 0.6) is 5.75 Å². The molecular weight excluding hydrogens is 470 g/mol. The summed E-state index contributed by atoms with van der Waals surface area (Å²) in [5.74, 6) is 0.676. The van der Waals surface area contributed by atoms with E-state index >= 15 is 0 Å². The smallest absolute Gasteiger partial charge is 0.253 e. The van der Waals surface area contributed by atoms with Gasteiger partial charge in [0.25, 0.3) is 5.91 Å². The number of ether oxygens (including phenoxy) is 2. The van der Waals surface area contributed by atoms with Crippen LogP contribution in [0.1, 0.15) is 11.1 Å². The monoisotopic (exact) mass is 507 g/mol. The van der Waals surface area contributed by atoms with Crippen molar-refractivity contribution in [1.29, 1.82) is 0 Å². The van der Waals surface area contributed by atoms with Crippen molar-refractivity contribution in [3.8, 4) is 5.75 Å². The Morgan fingerprint density at radius 3 is 2.59 bits per heavy atom. The van der Waals surface area contributed by atoms with Crippen molar-refractivity contribution >= 4 is 18.0 Å². The maximum Gasteiger partial charge on any atom is 0.253 e. The van der Waals surface area contributed by atoms with E-state index in [1.807, 2.05) is 49.4 Å². The molecule has 0 aromatic heterocycles. The van der Waals surface area contributed by atoms with Crippen molar-refractivity contribution in [2.75, 3.05) is 60.0 Å². The van der Waals surface area contributed by atoms with Gasteiger partial charge in [0.05, 0.1) is 25.7 Å². The Morgan fingerprint density at radius 1 is 1.08 bits per heavy atom. The standard InChI is InChI=1S/C28H37N5O4/c1-22-9-11-25(12-10-22)36-15-13-30(2)27(34)21-33-19-24(17-29-33)31(3)28(35)26-20-32(14-16-37-26)18-23-7-5-4-6-8-23/h4-12,17,24,26H,13-16,18-21H2,1-3H3. The highest BCUT2D eigenvalue weighted by molar-refractivity contribution is 5.85. The highest BCUT2D eigenvalue weighted by Crippen LogP contribution is 2.15. The summed E-state index contributed by atoms with van der Waals surface area (Å²) < 4.78 is 11.6. The van der Waals surface area contributed by atoms with E-state index in [0.29, 0.717) is 32.8 Å². The van der Waals surface area contributed by atoms with Crippen molar-refractivity contribution in [2.24, 2.45) is 5.10 Å². The molecule has 1 fully saturated rings. The van der Waals surface area contributed by atoms with Gasteiger partial charge in [-0.05, 0) is 24.6 Å². The Morgan fingerprint density at radius 2 is 1.84 bits per heavy atom. The lowest BCUT2D eigenvalue weighted by Crippen LogP contribution is -2.53. The predicted octanol–water partition coefficient (Wildman–Crippen LogP) is 1.86. The molecule has 0 N–H and O–H groups in total. The first-order valence-electron chi connectivity index (χ1n) is 12.8. The third-order valence-corrected chi connectivity index (χ3v) is 6.78. The van der Waals surface area contributed by atoms with Crippen LogP contribution in [0.3, 0.4) is 0 Å². The Labute approximate surface area is 219 Å². The van der Waals surface area contributed by atoms with Gasteiger partial charge in [-0.25, -0.2) is 0 Å². The molecule has 2 aliphatic rings. The minimum Gasteiger partial charge on any atom is -0.492 e. The molecule has 2 amide bonds. The fraction of sp³-hybridized carbons (Fsp3) is 0.464. The van der Waals surface area contributed by atoms with Gasteiger partial charge in [0.2, 0.25) is 5.91 Å². The van der Waals surface area contributed by atoms with Crippen LogP contribution >= 0.6 is 0 Å². The van der Waals surface area contributed by atoms with Crippen LogP contribution in [0.15, 0.2) is 59.7 Å². The predicted molar refractivity (Wildman–Crippen MR) is 142 cm³/mol. The van der Waals surface area contributed by atoms with Crippen LogP contribution in [0.25, 0.3) is 0 Å². The van der Waals surface area contributed by atoms with E-state index in [1.54, 1.807) is 35.1 Å². The topological polar surface area (TPSA) is 77.9 Å². The molecule has 0 bridgehead atoms. The summed E-state index contributed by atoms with van der Waals surface area (Å²) in [4.78, 5) is 31.4. The second-order valence-electron chi connectivity index (χ2n) is 9.69. The van der Waals surface area contributed by atoms with E-state index < -0.39 is 6.10 Å². The van der Waals surface area contributed by atoms with Gasteiger partial charge in [0.15, 0.2) is 0 Å². The minimum atomic E-state index is -0.508. The van der Waals surface area contributed by atoms with Gasteiger partial charge in [0, 0.05) is 39.9 Å². The van der Waals surface area contributed by atoms with Crippen LogP contribution in [0.2, 0.25) is 0 Å². The summed E-state index contributed by atoms with van der Waals surface area (Å²) in [6, 6.07) is 17.9. The van der Waals surface area contributed by atoms with Crippen molar-refractivity contribution in [2.45, 2.75) is 25.6 Å². The molecule has 2 aliphatic heterocycles. The van der Waals surface area contributed by atoms with Crippen LogP contribution in [0, 0.1) is 6.92 Å². The fourth-order valence-corrected chi connectivity index (χ4v) is 4.37. The molecular formula is C28H37N5O4. The largest absolute Gasteiger partial charge is 0.492 e. The van der Waals surface area contributed by atoms with Crippen molar-refractivity contribution < 1.29 is 19.1 Å². The van der Waals surface area contributed by atoms with E-state index in [4.69, 9.17) is 9.47 Å². The number of carbonyl (C=O) groups excluding carboxylic acids is 2. The third kappa shape index (κ3) is 7.53. The van der Waals surface area contributed by atoms with Gasteiger partial charge in [-0.15, -0.1) is 0 Å². The average molecular weight is 508 g/mol. The molecule has 9 heteroatoms. The number of likely N-dealkylation sites (N-methyl/N-ethyl adjacent to an activating group) is 2. The molecule has 2 atom stereocenters. The molecule has 4 rings (SSSR count). The molecule has 37 heavy (non-hydrogen) atoms. The number of carbonyl (C=O) groups is 2.